The van der Waals surface area contributed by atoms with Gasteiger partial charge in [-0.3, -0.25) is 4.79 Å². The molecular weight excluding hydrogens is 294 g/mol. The van der Waals surface area contributed by atoms with Crippen LogP contribution in [0.1, 0.15) is 26.2 Å². The van der Waals surface area contributed by atoms with Gasteiger partial charge in [0.1, 0.15) is 4.47 Å². The lowest BCUT2D eigenvalue weighted by molar-refractivity contribution is 0.532. The Balaban J connectivity index is 2.03. The maximum Gasteiger partial charge on any atom is 0.283 e. The van der Waals surface area contributed by atoms with Crippen molar-refractivity contribution in [2.24, 2.45) is 5.92 Å². The van der Waals surface area contributed by atoms with Crippen molar-refractivity contribution in [3.8, 4) is 0 Å². The second-order valence-electron chi connectivity index (χ2n) is 4.59. The largest absolute Gasteiger partial charge is 0.382 e. The maximum absolute atomic E-state index is 12.0. The van der Waals surface area contributed by atoms with Gasteiger partial charge in [0.15, 0.2) is 0 Å². The Kier molecular flexibility index (Phi) is 4.58. The molecule has 0 atom stereocenters. The summed E-state index contributed by atoms with van der Waals surface area (Å²) >= 11 is 3.36. The highest BCUT2D eigenvalue weighted by Crippen LogP contribution is 2.30. The van der Waals surface area contributed by atoms with Gasteiger partial charge in [-0.15, -0.1) is 0 Å². The monoisotopic (exact) mass is 311 g/mol. The fourth-order valence-electron chi connectivity index (χ4n) is 1.72. The van der Waals surface area contributed by atoms with Gasteiger partial charge < -0.3 is 5.32 Å². The van der Waals surface area contributed by atoms with E-state index in [1.54, 1.807) is 10.9 Å². The zero-order valence-corrected chi connectivity index (χ0v) is 12.1. The van der Waals surface area contributed by atoms with E-state index in [1.165, 1.54) is 12.8 Å². The van der Waals surface area contributed by atoms with Crippen LogP contribution in [0.25, 0.3) is 0 Å². The molecule has 0 radical (unpaired) electrons. The number of hydrogen-bond donors (Lipinski definition) is 1. The standard InChI is InChI=1S/C13H18BrN3O/c1-2-3-4-7-15-11-8-16-17(9-10-5-6-10)13(18)12(11)14/h2-3,8,10,15H,4-7,9H2,1H3/b3-2+. The lowest BCUT2D eigenvalue weighted by atomic mass is 10.3. The van der Waals surface area contributed by atoms with Gasteiger partial charge in [-0.2, -0.15) is 5.10 Å². The smallest absolute Gasteiger partial charge is 0.283 e. The molecule has 98 valence electrons. The summed E-state index contributed by atoms with van der Waals surface area (Å²) in [6, 6.07) is 0. The van der Waals surface area contributed by atoms with Gasteiger partial charge in [0.05, 0.1) is 11.9 Å². The second kappa shape index (κ2) is 6.18. The normalized spacial score (nSPS) is 15.2. The van der Waals surface area contributed by atoms with Crippen molar-refractivity contribution < 1.29 is 0 Å². The van der Waals surface area contributed by atoms with Crippen LogP contribution in [-0.4, -0.2) is 16.3 Å². The average molecular weight is 312 g/mol. The molecule has 0 aliphatic heterocycles. The van der Waals surface area contributed by atoms with Gasteiger partial charge in [-0.1, -0.05) is 12.2 Å². The quantitative estimate of drug-likeness (QED) is 0.649. The van der Waals surface area contributed by atoms with Crippen LogP contribution in [0.3, 0.4) is 0 Å². The molecule has 0 unspecified atom stereocenters. The zero-order valence-electron chi connectivity index (χ0n) is 10.5. The van der Waals surface area contributed by atoms with Crippen LogP contribution in [0.15, 0.2) is 27.6 Å². The molecule has 4 nitrogen and oxygen atoms in total. The highest BCUT2D eigenvalue weighted by atomic mass is 79.9. The number of halogens is 1. The fraction of sp³-hybridized carbons (Fsp3) is 0.538. The molecule has 1 aromatic heterocycles. The summed E-state index contributed by atoms with van der Waals surface area (Å²) in [6.45, 7) is 3.55. The molecule has 0 spiro atoms. The van der Waals surface area contributed by atoms with Crippen molar-refractivity contribution in [2.75, 3.05) is 11.9 Å². The minimum Gasteiger partial charge on any atom is -0.382 e. The summed E-state index contributed by atoms with van der Waals surface area (Å²) < 4.78 is 2.14. The van der Waals surface area contributed by atoms with Crippen LogP contribution < -0.4 is 10.9 Å². The van der Waals surface area contributed by atoms with Crippen LogP contribution in [0.4, 0.5) is 5.69 Å². The van der Waals surface area contributed by atoms with E-state index in [0.717, 1.165) is 25.2 Å². The first-order chi connectivity index (χ1) is 8.72. The van der Waals surface area contributed by atoms with Gasteiger partial charge in [0, 0.05) is 13.1 Å². The first kappa shape index (κ1) is 13.3. The van der Waals surface area contributed by atoms with Crippen molar-refractivity contribution in [2.45, 2.75) is 32.7 Å². The topological polar surface area (TPSA) is 46.9 Å². The van der Waals surface area contributed by atoms with Gasteiger partial charge >= 0.3 is 0 Å². The molecule has 1 fully saturated rings. The van der Waals surface area contributed by atoms with Crippen LogP contribution in [-0.2, 0) is 6.54 Å². The third-order valence-electron chi connectivity index (χ3n) is 2.98. The minimum atomic E-state index is -0.0436. The molecule has 1 aliphatic rings. The first-order valence-corrected chi connectivity index (χ1v) is 7.12. The Morgan fingerprint density at radius 1 is 1.61 bits per heavy atom. The van der Waals surface area contributed by atoms with Crippen molar-refractivity contribution >= 4 is 21.6 Å². The van der Waals surface area contributed by atoms with Crippen LogP contribution in [0.5, 0.6) is 0 Å². The molecule has 1 heterocycles. The molecule has 1 aromatic rings. The molecule has 0 saturated heterocycles. The van der Waals surface area contributed by atoms with Gasteiger partial charge in [-0.25, -0.2) is 4.68 Å². The van der Waals surface area contributed by atoms with E-state index < -0.39 is 0 Å². The summed E-state index contributed by atoms with van der Waals surface area (Å²) in [5.74, 6) is 0.649. The Bertz CT molecular complexity index is 491. The van der Waals surface area contributed by atoms with Crippen molar-refractivity contribution in [1.82, 2.24) is 9.78 Å². The molecule has 5 heteroatoms. The second-order valence-corrected chi connectivity index (χ2v) is 5.38. The highest BCUT2D eigenvalue weighted by molar-refractivity contribution is 9.10. The first-order valence-electron chi connectivity index (χ1n) is 6.33. The van der Waals surface area contributed by atoms with Crippen molar-refractivity contribution in [1.29, 1.82) is 0 Å². The number of hydrogen-bond acceptors (Lipinski definition) is 3. The lowest BCUT2D eigenvalue weighted by Crippen LogP contribution is -2.25. The molecule has 1 saturated carbocycles. The predicted octanol–water partition coefficient (Wildman–Crippen LogP) is 2.79. The summed E-state index contributed by atoms with van der Waals surface area (Å²) in [5.41, 5.74) is 0.731. The van der Waals surface area contributed by atoms with Gasteiger partial charge in [0.25, 0.3) is 5.56 Å². The number of allylic oxidation sites excluding steroid dienone is 1. The number of rotatable bonds is 6. The number of aromatic nitrogens is 2. The number of nitrogens with zero attached hydrogens (tertiary/aromatic N) is 2. The van der Waals surface area contributed by atoms with E-state index in [0.29, 0.717) is 10.4 Å². The maximum atomic E-state index is 12.0. The molecule has 0 amide bonds. The van der Waals surface area contributed by atoms with Crippen LogP contribution >= 0.6 is 15.9 Å². The third kappa shape index (κ3) is 3.45. The SMILES string of the molecule is C/C=C/CCNc1cnn(CC2CC2)c(=O)c1Br. The molecule has 2 rings (SSSR count). The van der Waals surface area contributed by atoms with E-state index in [9.17, 15) is 4.79 Å². The van der Waals surface area contributed by atoms with Crippen molar-refractivity contribution in [3.05, 3.63) is 33.2 Å². The number of anilines is 1. The predicted molar refractivity (Wildman–Crippen MR) is 76.8 cm³/mol. The van der Waals surface area contributed by atoms with Crippen molar-refractivity contribution in [3.63, 3.8) is 0 Å². The van der Waals surface area contributed by atoms with Crippen LogP contribution in [0.2, 0.25) is 0 Å². The fourth-order valence-corrected chi connectivity index (χ4v) is 2.17. The van der Waals surface area contributed by atoms with E-state index in [1.807, 2.05) is 13.0 Å². The Labute approximate surface area is 115 Å². The molecule has 0 aromatic carbocycles. The Hall–Kier alpha value is -1.10. The van der Waals surface area contributed by atoms with E-state index in [-0.39, 0.29) is 5.56 Å². The number of nitrogens with one attached hydrogen (secondary N) is 1. The highest BCUT2D eigenvalue weighted by Gasteiger charge is 2.23. The minimum absolute atomic E-state index is 0.0436. The van der Waals surface area contributed by atoms with Gasteiger partial charge in [0.2, 0.25) is 0 Å². The third-order valence-corrected chi connectivity index (χ3v) is 3.74. The summed E-state index contributed by atoms with van der Waals surface area (Å²) in [6.07, 6.45) is 9.20. The summed E-state index contributed by atoms with van der Waals surface area (Å²) in [7, 11) is 0. The van der Waals surface area contributed by atoms with Crippen LogP contribution in [0, 0.1) is 5.92 Å². The zero-order chi connectivity index (χ0) is 13.0. The van der Waals surface area contributed by atoms with E-state index in [2.05, 4.69) is 32.4 Å². The molecule has 18 heavy (non-hydrogen) atoms. The molecule has 1 aliphatic carbocycles. The summed E-state index contributed by atoms with van der Waals surface area (Å²) in [4.78, 5) is 12.0. The Morgan fingerprint density at radius 3 is 3.06 bits per heavy atom. The molecule has 1 N–H and O–H groups in total. The summed E-state index contributed by atoms with van der Waals surface area (Å²) in [5, 5.41) is 7.42. The Morgan fingerprint density at radius 2 is 2.39 bits per heavy atom. The van der Waals surface area contributed by atoms with E-state index >= 15 is 0 Å². The molecular formula is C13H18BrN3O. The van der Waals surface area contributed by atoms with Gasteiger partial charge in [-0.05, 0) is 48.0 Å². The lowest BCUT2D eigenvalue weighted by Gasteiger charge is -2.09. The molecule has 0 bridgehead atoms. The van der Waals surface area contributed by atoms with E-state index in [4.69, 9.17) is 0 Å². The average Bonchev–Trinajstić information content (AvgIpc) is 3.17.